The number of halogens is 1. The Bertz CT molecular complexity index is 379. The molecule has 2 rings (SSSR count). The van der Waals surface area contributed by atoms with E-state index in [-0.39, 0.29) is 0 Å². The molecule has 4 nitrogen and oxygen atoms in total. The van der Waals surface area contributed by atoms with Gasteiger partial charge in [0, 0.05) is 0 Å². The molecular weight excluding hydrogens is 244 g/mol. The number of hydrogen-bond acceptors (Lipinski definition) is 4. The molecule has 0 bridgehead atoms. The average Bonchev–Trinajstić information content (AvgIpc) is 2.78. The maximum Gasteiger partial charge on any atom is 0.148 e. The van der Waals surface area contributed by atoms with Gasteiger partial charge in [-0.1, -0.05) is 23.8 Å². The molecule has 1 aliphatic rings. The van der Waals surface area contributed by atoms with Crippen molar-refractivity contribution in [3.8, 4) is 0 Å². The van der Waals surface area contributed by atoms with Crippen molar-refractivity contribution in [2.24, 2.45) is 0 Å². The van der Waals surface area contributed by atoms with Crippen LogP contribution in [-0.2, 0) is 0 Å². The fourth-order valence-corrected chi connectivity index (χ4v) is 1.98. The van der Waals surface area contributed by atoms with Gasteiger partial charge in [0.15, 0.2) is 0 Å². The van der Waals surface area contributed by atoms with E-state index in [9.17, 15) is 0 Å². The van der Waals surface area contributed by atoms with Crippen molar-refractivity contribution in [2.45, 2.75) is 12.8 Å². The number of likely N-dealkylation sites (tertiary alicyclic amines) is 1. The highest BCUT2D eigenvalue weighted by Gasteiger charge is 2.12. The molecule has 16 heavy (non-hydrogen) atoms. The molecule has 1 aliphatic heterocycles. The van der Waals surface area contributed by atoms with Crippen molar-refractivity contribution in [3.05, 3.63) is 23.2 Å². The van der Waals surface area contributed by atoms with Gasteiger partial charge in [-0.2, -0.15) is 0 Å². The third-order valence-electron chi connectivity index (χ3n) is 2.50. The van der Waals surface area contributed by atoms with E-state index in [1.165, 1.54) is 19.0 Å². The summed E-state index contributed by atoms with van der Waals surface area (Å²) >= 11 is 11.0. The van der Waals surface area contributed by atoms with E-state index in [4.69, 9.17) is 23.8 Å². The first-order valence-corrected chi connectivity index (χ1v) is 6.02. The summed E-state index contributed by atoms with van der Waals surface area (Å²) < 4.78 is 0. The fraction of sp³-hybridized carbons (Fsp3) is 0.500. The Labute approximate surface area is 105 Å². The van der Waals surface area contributed by atoms with Gasteiger partial charge < -0.3 is 5.32 Å². The molecule has 0 saturated carbocycles. The van der Waals surface area contributed by atoms with Crippen molar-refractivity contribution in [2.75, 3.05) is 19.8 Å². The standard InChI is InChI=1S/C10H13ClN4S/c11-9-6-12-5-8(14-9)10(16)13-7-15-3-1-2-4-15/h5-6H,1-4,7H2,(H,13,16). The molecule has 1 aromatic rings. The summed E-state index contributed by atoms with van der Waals surface area (Å²) in [6.07, 6.45) is 5.65. The van der Waals surface area contributed by atoms with Crippen molar-refractivity contribution in [3.63, 3.8) is 0 Å². The van der Waals surface area contributed by atoms with Gasteiger partial charge in [0.25, 0.3) is 0 Å². The molecule has 0 radical (unpaired) electrons. The van der Waals surface area contributed by atoms with Crippen LogP contribution in [0.2, 0.25) is 5.15 Å². The summed E-state index contributed by atoms with van der Waals surface area (Å²) in [6.45, 7) is 3.04. The normalized spacial score (nSPS) is 16.3. The molecule has 0 unspecified atom stereocenters. The quantitative estimate of drug-likeness (QED) is 0.829. The fourth-order valence-electron chi connectivity index (χ4n) is 1.67. The Morgan fingerprint density at radius 3 is 2.88 bits per heavy atom. The van der Waals surface area contributed by atoms with E-state index in [2.05, 4.69) is 20.2 Å². The van der Waals surface area contributed by atoms with E-state index in [1.807, 2.05) is 0 Å². The molecule has 1 N–H and O–H groups in total. The molecule has 2 heterocycles. The van der Waals surface area contributed by atoms with Crippen molar-refractivity contribution >= 4 is 28.8 Å². The SMILES string of the molecule is S=C(NCN1CCCC1)c1cncc(Cl)n1. The molecule has 6 heteroatoms. The van der Waals surface area contributed by atoms with Crippen LogP contribution in [-0.4, -0.2) is 39.6 Å². The van der Waals surface area contributed by atoms with Crippen LogP contribution in [0.1, 0.15) is 18.5 Å². The highest BCUT2D eigenvalue weighted by atomic mass is 35.5. The van der Waals surface area contributed by atoms with Crippen molar-refractivity contribution < 1.29 is 0 Å². The second kappa shape index (κ2) is 5.52. The first-order chi connectivity index (χ1) is 7.75. The van der Waals surface area contributed by atoms with Crippen molar-refractivity contribution in [1.82, 2.24) is 20.2 Å². The van der Waals surface area contributed by atoms with Crippen LogP contribution >= 0.6 is 23.8 Å². The number of nitrogens with zero attached hydrogens (tertiary/aromatic N) is 3. The monoisotopic (exact) mass is 256 g/mol. The van der Waals surface area contributed by atoms with Crippen LogP contribution < -0.4 is 5.32 Å². The lowest BCUT2D eigenvalue weighted by molar-refractivity contribution is 0.333. The molecule has 86 valence electrons. The van der Waals surface area contributed by atoms with E-state index in [1.54, 1.807) is 6.20 Å². The topological polar surface area (TPSA) is 41.0 Å². The summed E-state index contributed by atoms with van der Waals surface area (Å²) in [5.41, 5.74) is 0.627. The Morgan fingerprint density at radius 2 is 2.19 bits per heavy atom. The van der Waals surface area contributed by atoms with Gasteiger partial charge in [0.2, 0.25) is 0 Å². The van der Waals surface area contributed by atoms with Gasteiger partial charge in [-0.15, -0.1) is 0 Å². The first kappa shape index (κ1) is 11.7. The molecule has 1 aromatic heterocycles. The zero-order chi connectivity index (χ0) is 11.4. The lowest BCUT2D eigenvalue weighted by Crippen LogP contribution is -2.35. The predicted molar refractivity (Wildman–Crippen MR) is 67.6 cm³/mol. The summed E-state index contributed by atoms with van der Waals surface area (Å²) in [6, 6.07) is 0. The van der Waals surface area contributed by atoms with Crippen LogP contribution in [0.5, 0.6) is 0 Å². The number of hydrogen-bond donors (Lipinski definition) is 1. The van der Waals surface area contributed by atoms with Crippen molar-refractivity contribution in [1.29, 1.82) is 0 Å². The molecule has 0 spiro atoms. The van der Waals surface area contributed by atoms with Crippen LogP contribution in [0, 0.1) is 0 Å². The van der Waals surface area contributed by atoms with Gasteiger partial charge in [-0.3, -0.25) is 9.88 Å². The number of rotatable bonds is 3. The summed E-state index contributed by atoms with van der Waals surface area (Å²) in [5, 5.41) is 3.53. The van der Waals surface area contributed by atoms with Crippen LogP contribution in [0.4, 0.5) is 0 Å². The Balaban J connectivity index is 1.87. The molecule has 1 fully saturated rings. The minimum Gasteiger partial charge on any atom is -0.362 e. The first-order valence-electron chi connectivity index (χ1n) is 5.24. The third-order valence-corrected chi connectivity index (χ3v) is 3.04. The van der Waals surface area contributed by atoms with Crippen LogP contribution in [0.25, 0.3) is 0 Å². The molecular formula is C10H13ClN4S. The highest BCUT2D eigenvalue weighted by Crippen LogP contribution is 2.06. The Morgan fingerprint density at radius 1 is 1.44 bits per heavy atom. The Hall–Kier alpha value is -0.780. The van der Waals surface area contributed by atoms with Crippen LogP contribution in [0.3, 0.4) is 0 Å². The molecule has 0 aliphatic carbocycles. The number of thiocarbonyl (C=S) groups is 1. The minimum atomic E-state index is 0.364. The van der Waals surface area contributed by atoms with Gasteiger partial charge in [-0.25, -0.2) is 4.98 Å². The molecule has 1 saturated heterocycles. The number of nitrogens with one attached hydrogen (secondary N) is 1. The highest BCUT2D eigenvalue weighted by molar-refractivity contribution is 7.80. The second-order valence-corrected chi connectivity index (χ2v) is 4.51. The smallest absolute Gasteiger partial charge is 0.148 e. The van der Waals surface area contributed by atoms with E-state index in [0.29, 0.717) is 15.8 Å². The maximum absolute atomic E-state index is 5.74. The molecule has 0 atom stereocenters. The number of aromatic nitrogens is 2. The van der Waals surface area contributed by atoms with E-state index in [0.717, 1.165) is 19.8 Å². The molecule has 0 aromatic carbocycles. The second-order valence-electron chi connectivity index (χ2n) is 3.72. The molecule has 0 amide bonds. The minimum absolute atomic E-state index is 0.364. The summed E-state index contributed by atoms with van der Waals surface area (Å²) in [7, 11) is 0. The predicted octanol–water partition coefficient (Wildman–Crippen LogP) is 1.45. The van der Waals surface area contributed by atoms with Gasteiger partial charge >= 0.3 is 0 Å². The zero-order valence-electron chi connectivity index (χ0n) is 8.82. The van der Waals surface area contributed by atoms with Crippen LogP contribution in [0.15, 0.2) is 12.4 Å². The summed E-state index contributed by atoms with van der Waals surface area (Å²) in [5.74, 6) is 0. The largest absolute Gasteiger partial charge is 0.362 e. The van der Waals surface area contributed by atoms with Gasteiger partial charge in [0.1, 0.15) is 15.8 Å². The Kier molecular flexibility index (Phi) is 4.04. The third kappa shape index (κ3) is 3.10. The van der Waals surface area contributed by atoms with E-state index >= 15 is 0 Å². The van der Waals surface area contributed by atoms with Gasteiger partial charge in [-0.05, 0) is 25.9 Å². The summed E-state index contributed by atoms with van der Waals surface area (Å²) in [4.78, 5) is 11.0. The average molecular weight is 257 g/mol. The zero-order valence-corrected chi connectivity index (χ0v) is 10.4. The maximum atomic E-state index is 5.74. The lowest BCUT2D eigenvalue weighted by Gasteiger charge is -2.16. The van der Waals surface area contributed by atoms with Gasteiger partial charge in [0.05, 0.1) is 19.1 Å². The van der Waals surface area contributed by atoms with E-state index < -0.39 is 0 Å². The lowest BCUT2D eigenvalue weighted by atomic mass is 10.4.